The van der Waals surface area contributed by atoms with E-state index in [9.17, 15) is 0 Å². The lowest BCUT2D eigenvalue weighted by Gasteiger charge is -2.46. The van der Waals surface area contributed by atoms with Gasteiger partial charge >= 0.3 is 0 Å². The lowest BCUT2D eigenvalue weighted by Crippen LogP contribution is -2.55. The van der Waals surface area contributed by atoms with Crippen molar-refractivity contribution in [2.75, 3.05) is 13.1 Å². The first-order valence-electron chi connectivity index (χ1n) is 7.92. The fraction of sp³-hybridized carbons (Fsp3) is 1.00. The van der Waals surface area contributed by atoms with Gasteiger partial charge in [-0.25, -0.2) is 0 Å². The molecule has 0 aromatic carbocycles. The number of likely N-dealkylation sites (tertiary alicyclic amines) is 1. The minimum atomic E-state index is 0.481. The van der Waals surface area contributed by atoms with E-state index in [0.717, 1.165) is 24.2 Å². The highest BCUT2D eigenvalue weighted by molar-refractivity contribution is 5.00. The summed E-state index contributed by atoms with van der Waals surface area (Å²) in [5.41, 5.74) is 6.17. The molecule has 0 radical (unpaired) electrons. The molecule has 2 atom stereocenters. The minimum absolute atomic E-state index is 0.481. The Balaban J connectivity index is 1.60. The molecule has 3 aliphatic rings. The molecule has 3 heteroatoms. The van der Waals surface area contributed by atoms with E-state index in [1.165, 1.54) is 51.6 Å². The van der Waals surface area contributed by atoms with E-state index in [2.05, 4.69) is 23.6 Å². The molecule has 3 saturated heterocycles. The summed E-state index contributed by atoms with van der Waals surface area (Å²) in [5.74, 6) is 0. The third-order valence-electron chi connectivity index (χ3n) is 5.48. The van der Waals surface area contributed by atoms with Gasteiger partial charge in [-0.2, -0.15) is 0 Å². The van der Waals surface area contributed by atoms with Gasteiger partial charge in [0.05, 0.1) is 0 Å². The number of fused-ring (bicyclic) bond motifs is 2. The second kappa shape index (κ2) is 5.10. The van der Waals surface area contributed by atoms with Gasteiger partial charge in [0.2, 0.25) is 0 Å². The lowest BCUT2D eigenvalue weighted by molar-refractivity contribution is 0.0320. The minimum Gasteiger partial charge on any atom is -0.328 e. The van der Waals surface area contributed by atoms with Crippen molar-refractivity contribution >= 4 is 0 Å². The molecule has 2 N–H and O–H groups in total. The summed E-state index contributed by atoms with van der Waals surface area (Å²) in [4.78, 5) is 5.51. The summed E-state index contributed by atoms with van der Waals surface area (Å²) < 4.78 is 0. The van der Waals surface area contributed by atoms with Crippen molar-refractivity contribution in [3.63, 3.8) is 0 Å². The van der Waals surface area contributed by atoms with Crippen LogP contribution in [-0.2, 0) is 0 Å². The Morgan fingerprint density at radius 1 is 0.889 bits per heavy atom. The van der Waals surface area contributed by atoms with E-state index < -0.39 is 0 Å². The number of nitrogens with zero attached hydrogens (tertiary/aromatic N) is 2. The third-order valence-corrected chi connectivity index (χ3v) is 5.48. The molecule has 3 rings (SSSR count). The molecule has 0 amide bonds. The molecule has 3 aliphatic heterocycles. The molecule has 2 bridgehead atoms. The molecular weight excluding hydrogens is 222 g/mol. The maximum absolute atomic E-state index is 6.17. The molecule has 0 aliphatic carbocycles. The first kappa shape index (κ1) is 12.9. The molecule has 0 aromatic rings. The van der Waals surface area contributed by atoms with Gasteiger partial charge in [0, 0.05) is 30.2 Å². The monoisotopic (exact) mass is 251 g/mol. The van der Waals surface area contributed by atoms with E-state index >= 15 is 0 Å². The number of hydrogen-bond donors (Lipinski definition) is 1. The molecule has 104 valence electrons. The number of nitrogens with two attached hydrogens (primary N) is 1. The third kappa shape index (κ3) is 2.33. The van der Waals surface area contributed by atoms with Crippen LogP contribution in [0.1, 0.15) is 52.4 Å². The van der Waals surface area contributed by atoms with Crippen molar-refractivity contribution in [3.8, 4) is 0 Å². The fourth-order valence-electron chi connectivity index (χ4n) is 4.55. The quantitative estimate of drug-likeness (QED) is 0.812. The van der Waals surface area contributed by atoms with E-state index in [4.69, 9.17) is 5.73 Å². The van der Waals surface area contributed by atoms with Crippen molar-refractivity contribution in [3.05, 3.63) is 0 Å². The molecule has 0 saturated carbocycles. The van der Waals surface area contributed by atoms with E-state index in [1.54, 1.807) is 0 Å². The average molecular weight is 251 g/mol. The molecule has 0 aromatic heterocycles. The first-order chi connectivity index (χ1) is 8.65. The van der Waals surface area contributed by atoms with Crippen molar-refractivity contribution < 1.29 is 0 Å². The molecule has 18 heavy (non-hydrogen) atoms. The zero-order valence-corrected chi connectivity index (χ0v) is 12.0. The predicted molar refractivity (Wildman–Crippen MR) is 75.6 cm³/mol. The smallest absolute Gasteiger partial charge is 0.0125 e. The Kier molecular flexibility index (Phi) is 3.65. The topological polar surface area (TPSA) is 32.5 Å². The standard InChI is InChI=1S/C15H29N3/c1-11(2)17-7-5-13(6-8-17)18-14-3-4-15(18)10-12(16)9-14/h11-15H,3-10,16H2,1-2H3. The Bertz CT molecular complexity index is 269. The second-order valence-corrected chi connectivity index (χ2v) is 6.92. The van der Waals surface area contributed by atoms with Crippen LogP contribution in [0.4, 0.5) is 0 Å². The van der Waals surface area contributed by atoms with Gasteiger partial charge in [0.25, 0.3) is 0 Å². The van der Waals surface area contributed by atoms with Crippen LogP contribution in [0, 0.1) is 0 Å². The number of rotatable bonds is 2. The van der Waals surface area contributed by atoms with Crippen LogP contribution in [-0.4, -0.2) is 53.1 Å². The van der Waals surface area contributed by atoms with Crippen molar-refractivity contribution in [2.24, 2.45) is 5.73 Å². The molecular formula is C15H29N3. The highest BCUT2D eigenvalue weighted by Crippen LogP contribution is 2.38. The van der Waals surface area contributed by atoms with Crippen LogP contribution in [0.2, 0.25) is 0 Å². The lowest BCUT2D eigenvalue weighted by atomic mass is 9.92. The summed E-state index contributed by atoms with van der Waals surface area (Å²) in [6.45, 7) is 7.24. The normalized spacial score (nSPS) is 39.7. The van der Waals surface area contributed by atoms with Gasteiger partial charge < -0.3 is 10.6 Å². The summed E-state index contributed by atoms with van der Waals surface area (Å²) in [5, 5.41) is 0. The van der Waals surface area contributed by atoms with Crippen LogP contribution < -0.4 is 5.73 Å². The zero-order valence-electron chi connectivity index (χ0n) is 12.0. The maximum atomic E-state index is 6.17. The maximum Gasteiger partial charge on any atom is 0.0125 e. The van der Waals surface area contributed by atoms with Crippen LogP contribution in [0.5, 0.6) is 0 Å². The summed E-state index contributed by atoms with van der Waals surface area (Å²) in [7, 11) is 0. The number of hydrogen-bond acceptors (Lipinski definition) is 3. The van der Waals surface area contributed by atoms with Gasteiger partial charge in [-0.05, 0) is 65.5 Å². The van der Waals surface area contributed by atoms with Gasteiger partial charge in [-0.1, -0.05) is 0 Å². The Labute approximate surface area is 112 Å². The van der Waals surface area contributed by atoms with Gasteiger partial charge in [-0.3, -0.25) is 4.90 Å². The average Bonchev–Trinajstić information content (AvgIpc) is 2.62. The molecule has 3 nitrogen and oxygen atoms in total. The van der Waals surface area contributed by atoms with Crippen molar-refractivity contribution in [1.29, 1.82) is 0 Å². The first-order valence-corrected chi connectivity index (χ1v) is 7.92. The van der Waals surface area contributed by atoms with Crippen molar-refractivity contribution in [1.82, 2.24) is 9.80 Å². The Morgan fingerprint density at radius 2 is 1.44 bits per heavy atom. The van der Waals surface area contributed by atoms with Gasteiger partial charge in [0.1, 0.15) is 0 Å². The molecule has 3 heterocycles. The van der Waals surface area contributed by atoms with Crippen LogP contribution in [0.3, 0.4) is 0 Å². The highest BCUT2D eigenvalue weighted by atomic mass is 15.3. The predicted octanol–water partition coefficient (Wildman–Crippen LogP) is 1.81. The van der Waals surface area contributed by atoms with E-state index in [0.29, 0.717) is 6.04 Å². The van der Waals surface area contributed by atoms with E-state index in [1.807, 2.05) is 0 Å². The van der Waals surface area contributed by atoms with E-state index in [-0.39, 0.29) is 0 Å². The van der Waals surface area contributed by atoms with Gasteiger partial charge in [-0.15, -0.1) is 0 Å². The summed E-state index contributed by atoms with van der Waals surface area (Å²) in [6.07, 6.45) is 8.06. The molecule has 0 spiro atoms. The van der Waals surface area contributed by atoms with Gasteiger partial charge in [0.15, 0.2) is 0 Å². The summed E-state index contributed by atoms with van der Waals surface area (Å²) >= 11 is 0. The Hall–Kier alpha value is -0.120. The van der Waals surface area contributed by atoms with Crippen LogP contribution in [0.15, 0.2) is 0 Å². The SMILES string of the molecule is CC(C)N1CCC(N2C3CCC2CC(N)C3)CC1. The summed E-state index contributed by atoms with van der Waals surface area (Å²) in [6, 6.07) is 3.68. The highest BCUT2D eigenvalue weighted by Gasteiger charge is 2.43. The van der Waals surface area contributed by atoms with Crippen molar-refractivity contribution in [2.45, 2.75) is 82.6 Å². The largest absolute Gasteiger partial charge is 0.328 e. The molecule has 3 fully saturated rings. The zero-order chi connectivity index (χ0) is 12.7. The second-order valence-electron chi connectivity index (χ2n) is 6.92. The Morgan fingerprint density at radius 3 is 1.94 bits per heavy atom. The molecule has 2 unspecified atom stereocenters. The van der Waals surface area contributed by atoms with Crippen LogP contribution in [0.25, 0.3) is 0 Å². The fourth-order valence-corrected chi connectivity index (χ4v) is 4.55. The van der Waals surface area contributed by atoms with Crippen LogP contribution >= 0.6 is 0 Å². The number of piperidine rings is 2.